The Labute approximate surface area is 77.6 Å². The lowest BCUT2D eigenvalue weighted by Gasteiger charge is -2.31. The molecule has 1 amide bonds. The average Bonchev–Trinajstić information content (AvgIpc) is 2.38. The van der Waals surface area contributed by atoms with Crippen LogP contribution >= 0.6 is 0 Å². The van der Waals surface area contributed by atoms with Gasteiger partial charge in [-0.2, -0.15) is 0 Å². The van der Waals surface area contributed by atoms with Crippen LogP contribution in [0.2, 0.25) is 0 Å². The molecule has 5 nitrogen and oxygen atoms in total. The van der Waals surface area contributed by atoms with Crippen LogP contribution < -0.4 is 5.32 Å². The summed E-state index contributed by atoms with van der Waals surface area (Å²) < 4.78 is 5.35. The van der Waals surface area contributed by atoms with Crippen LogP contribution in [0.1, 0.15) is 0 Å². The lowest BCUT2D eigenvalue weighted by atomic mass is 10.4. The van der Waals surface area contributed by atoms with Crippen LogP contribution in [0, 0.1) is 0 Å². The smallest absolute Gasteiger partial charge is 0.237 e. The van der Waals surface area contributed by atoms with Crippen LogP contribution in [0.5, 0.6) is 0 Å². The summed E-state index contributed by atoms with van der Waals surface area (Å²) in [4.78, 5) is 15.3. The van der Waals surface area contributed by atoms with E-state index < -0.39 is 0 Å². The molecule has 0 radical (unpaired) electrons. The van der Waals surface area contributed by atoms with E-state index in [2.05, 4.69) is 10.2 Å². The summed E-state index contributed by atoms with van der Waals surface area (Å²) in [6.07, 6.45) is 0.182. The van der Waals surface area contributed by atoms with Crippen molar-refractivity contribution in [3.05, 3.63) is 0 Å². The number of likely N-dealkylation sites (N-methyl/N-ethyl adjacent to an activating group) is 1. The Morgan fingerprint density at radius 3 is 3.31 bits per heavy atom. The van der Waals surface area contributed by atoms with Crippen LogP contribution in [0.3, 0.4) is 0 Å². The van der Waals surface area contributed by atoms with Gasteiger partial charge in [-0.3, -0.25) is 15.0 Å². The van der Waals surface area contributed by atoms with E-state index in [-0.39, 0.29) is 12.1 Å². The first-order valence-electron chi connectivity index (χ1n) is 4.56. The molecule has 0 bridgehead atoms. The number of nitrogens with one attached hydrogen (secondary N) is 1. The third kappa shape index (κ3) is 1.82. The third-order valence-corrected chi connectivity index (χ3v) is 2.46. The standard InChI is InChI=1S/C8H15N3O2/c1-10-5-7-9-4-8(12)11(7)2-3-13-6-10/h7,9H,2-6H2,1H3. The summed E-state index contributed by atoms with van der Waals surface area (Å²) in [5.41, 5.74) is 0. The molecular weight excluding hydrogens is 170 g/mol. The highest BCUT2D eigenvalue weighted by atomic mass is 16.5. The number of fused-ring (bicyclic) bond motifs is 1. The molecule has 2 aliphatic heterocycles. The van der Waals surface area contributed by atoms with Crippen molar-refractivity contribution in [1.82, 2.24) is 15.1 Å². The molecule has 0 aromatic heterocycles. The fourth-order valence-corrected chi connectivity index (χ4v) is 1.77. The SMILES string of the molecule is CN1COCCN2C(=O)CNC2C1. The van der Waals surface area contributed by atoms with Gasteiger partial charge in [-0.15, -0.1) is 0 Å². The lowest BCUT2D eigenvalue weighted by molar-refractivity contribution is -0.130. The van der Waals surface area contributed by atoms with Gasteiger partial charge in [-0.25, -0.2) is 0 Å². The maximum atomic E-state index is 11.4. The van der Waals surface area contributed by atoms with Gasteiger partial charge in [0.25, 0.3) is 0 Å². The molecule has 1 N–H and O–H groups in total. The van der Waals surface area contributed by atoms with Gasteiger partial charge in [0.1, 0.15) is 0 Å². The Morgan fingerprint density at radius 2 is 2.46 bits per heavy atom. The van der Waals surface area contributed by atoms with Crippen molar-refractivity contribution in [3.8, 4) is 0 Å². The number of hydrogen-bond acceptors (Lipinski definition) is 4. The summed E-state index contributed by atoms with van der Waals surface area (Å²) in [6.45, 7) is 3.31. The van der Waals surface area contributed by atoms with Crippen LogP contribution in [-0.4, -0.2) is 61.9 Å². The van der Waals surface area contributed by atoms with Crippen LogP contribution in [-0.2, 0) is 9.53 Å². The molecule has 0 saturated carbocycles. The first-order chi connectivity index (χ1) is 6.27. The summed E-state index contributed by atoms with van der Waals surface area (Å²) in [5, 5.41) is 3.19. The maximum absolute atomic E-state index is 11.4. The van der Waals surface area contributed by atoms with Crippen LogP contribution in [0.4, 0.5) is 0 Å². The molecule has 13 heavy (non-hydrogen) atoms. The number of carbonyl (C=O) groups is 1. The molecule has 0 aromatic carbocycles. The zero-order valence-electron chi connectivity index (χ0n) is 7.82. The predicted octanol–water partition coefficient (Wildman–Crippen LogP) is -1.34. The molecular formula is C8H15N3O2. The molecule has 5 heteroatoms. The fourth-order valence-electron chi connectivity index (χ4n) is 1.77. The number of rotatable bonds is 0. The van der Waals surface area contributed by atoms with Crippen molar-refractivity contribution in [2.45, 2.75) is 6.17 Å². The first-order valence-corrected chi connectivity index (χ1v) is 4.56. The largest absolute Gasteiger partial charge is 0.364 e. The van der Waals surface area contributed by atoms with E-state index in [1.807, 2.05) is 11.9 Å². The van der Waals surface area contributed by atoms with Crippen molar-refractivity contribution < 1.29 is 9.53 Å². The van der Waals surface area contributed by atoms with E-state index in [4.69, 9.17) is 4.74 Å². The summed E-state index contributed by atoms with van der Waals surface area (Å²) in [6, 6.07) is 0. The Bertz CT molecular complexity index is 210. The van der Waals surface area contributed by atoms with E-state index in [0.717, 1.165) is 6.54 Å². The minimum absolute atomic E-state index is 0.182. The number of amides is 1. The van der Waals surface area contributed by atoms with Crippen molar-refractivity contribution in [2.75, 3.05) is 40.0 Å². The highest BCUT2D eigenvalue weighted by Gasteiger charge is 2.31. The highest BCUT2D eigenvalue weighted by molar-refractivity contribution is 5.80. The Kier molecular flexibility index (Phi) is 2.48. The molecule has 2 aliphatic rings. The van der Waals surface area contributed by atoms with Gasteiger partial charge < -0.3 is 9.64 Å². The summed E-state index contributed by atoms with van der Waals surface area (Å²) in [5.74, 6) is 0.184. The van der Waals surface area contributed by atoms with E-state index >= 15 is 0 Å². The molecule has 0 aromatic rings. The van der Waals surface area contributed by atoms with Gasteiger partial charge in [0.2, 0.25) is 5.91 Å². The molecule has 1 atom stereocenters. The molecule has 2 heterocycles. The Hall–Kier alpha value is -0.650. The van der Waals surface area contributed by atoms with Gasteiger partial charge in [-0.05, 0) is 7.05 Å². The Balaban J connectivity index is 2.03. The third-order valence-electron chi connectivity index (χ3n) is 2.46. The zero-order chi connectivity index (χ0) is 9.26. The molecule has 2 fully saturated rings. The summed E-state index contributed by atoms with van der Waals surface area (Å²) in [7, 11) is 1.99. The normalized spacial score (nSPS) is 31.3. The molecule has 0 spiro atoms. The van der Waals surface area contributed by atoms with Gasteiger partial charge in [-0.1, -0.05) is 0 Å². The predicted molar refractivity (Wildman–Crippen MR) is 47.0 cm³/mol. The second-order valence-corrected chi connectivity index (χ2v) is 3.56. The van der Waals surface area contributed by atoms with E-state index in [1.54, 1.807) is 0 Å². The van der Waals surface area contributed by atoms with E-state index in [1.165, 1.54) is 0 Å². The topological polar surface area (TPSA) is 44.8 Å². The first kappa shape index (κ1) is 8.93. The van der Waals surface area contributed by atoms with Crippen molar-refractivity contribution >= 4 is 5.91 Å². The summed E-state index contributed by atoms with van der Waals surface area (Å²) >= 11 is 0. The van der Waals surface area contributed by atoms with Crippen molar-refractivity contribution in [2.24, 2.45) is 0 Å². The van der Waals surface area contributed by atoms with Crippen molar-refractivity contribution in [3.63, 3.8) is 0 Å². The van der Waals surface area contributed by atoms with E-state index in [9.17, 15) is 4.79 Å². The Morgan fingerprint density at radius 1 is 1.62 bits per heavy atom. The van der Waals surface area contributed by atoms with Gasteiger partial charge in [0, 0.05) is 13.1 Å². The minimum Gasteiger partial charge on any atom is -0.364 e. The fraction of sp³-hybridized carbons (Fsp3) is 0.875. The monoisotopic (exact) mass is 185 g/mol. The molecule has 0 aliphatic carbocycles. The molecule has 2 rings (SSSR count). The maximum Gasteiger partial charge on any atom is 0.237 e. The van der Waals surface area contributed by atoms with Gasteiger partial charge in [0.15, 0.2) is 0 Å². The number of carbonyl (C=O) groups excluding carboxylic acids is 1. The number of hydrogen-bond donors (Lipinski definition) is 1. The zero-order valence-corrected chi connectivity index (χ0v) is 7.82. The second kappa shape index (κ2) is 3.61. The molecule has 1 unspecified atom stereocenters. The van der Waals surface area contributed by atoms with Crippen LogP contribution in [0.25, 0.3) is 0 Å². The van der Waals surface area contributed by atoms with E-state index in [0.29, 0.717) is 26.4 Å². The van der Waals surface area contributed by atoms with Crippen molar-refractivity contribution in [1.29, 1.82) is 0 Å². The number of nitrogens with zero attached hydrogens (tertiary/aromatic N) is 2. The second-order valence-electron chi connectivity index (χ2n) is 3.56. The van der Waals surface area contributed by atoms with Crippen LogP contribution in [0.15, 0.2) is 0 Å². The quantitative estimate of drug-likeness (QED) is 0.507. The average molecular weight is 185 g/mol. The highest BCUT2D eigenvalue weighted by Crippen LogP contribution is 2.08. The molecule has 2 saturated heterocycles. The lowest BCUT2D eigenvalue weighted by Crippen LogP contribution is -2.49. The molecule has 74 valence electrons. The minimum atomic E-state index is 0.182. The number of ether oxygens (including phenoxy) is 1. The van der Waals surface area contributed by atoms with Gasteiger partial charge >= 0.3 is 0 Å². The van der Waals surface area contributed by atoms with Gasteiger partial charge in [0.05, 0.1) is 26.0 Å².